The Balaban J connectivity index is 2.31. The summed E-state index contributed by atoms with van der Waals surface area (Å²) < 4.78 is 13.3. The third kappa shape index (κ3) is 3.04. The van der Waals surface area contributed by atoms with E-state index in [0.29, 0.717) is 25.2 Å². The summed E-state index contributed by atoms with van der Waals surface area (Å²) in [7, 11) is 1.77. The van der Waals surface area contributed by atoms with Crippen LogP contribution in [0.25, 0.3) is 0 Å². The minimum Gasteiger partial charge on any atom is -0.396 e. The van der Waals surface area contributed by atoms with Crippen molar-refractivity contribution in [1.29, 1.82) is 0 Å². The summed E-state index contributed by atoms with van der Waals surface area (Å²) in [5.41, 5.74) is 0.696. The molecular formula is C14H19FN2O2. The molecule has 1 N–H and O–H groups in total. The van der Waals surface area contributed by atoms with Gasteiger partial charge in [-0.15, -0.1) is 0 Å². The number of nitrogens with zero attached hydrogens (tertiary/aromatic N) is 2. The maximum atomic E-state index is 13.3. The van der Waals surface area contributed by atoms with Crippen LogP contribution in [0.5, 0.6) is 0 Å². The quantitative estimate of drug-likeness (QED) is 0.895. The first-order chi connectivity index (χ1) is 9.13. The number of carbonyl (C=O) groups is 1. The first-order valence-electron chi connectivity index (χ1n) is 6.51. The molecule has 4 nitrogen and oxygen atoms in total. The van der Waals surface area contributed by atoms with Gasteiger partial charge in [0, 0.05) is 32.4 Å². The Morgan fingerprint density at radius 2 is 2.21 bits per heavy atom. The van der Waals surface area contributed by atoms with Crippen LogP contribution in [0.4, 0.5) is 10.1 Å². The van der Waals surface area contributed by atoms with Gasteiger partial charge in [0.1, 0.15) is 11.9 Å². The second-order valence-electron chi connectivity index (χ2n) is 4.81. The van der Waals surface area contributed by atoms with Crippen molar-refractivity contribution in [2.24, 2.45) is 0 Å². The highest BCUT2D eigenvalue weighted by atomic mass is 19.1. The number of likely N-dealkylation sites (N-methyl/N-ethyl adjacent to an activating group) is 1. The van der Waals surface area contributed by atoms with Crippen molar-refractivity contribution in [3.8, 4) is 0 Å². The van der Waals surface area contributed by atoms with Crippen molar-refractivity contribution >= 4 is 11.6 Å². The van der Waals surface area contributed by atoms with E-state index in [1.165, 1.54) is 12.1 Å². The second kappa shape index (κ2) is 6.02. The summed E-state index contributed by atoms with van der Waals surface area (Å²) in [4.78, 5) is 15.9. The number of carbonyl (C=O) groups excluding carboxylic acids is 1. The molecule has 1 saturated heterocycles. The van der Waals surface area contributed by atoms with Crippen molar-refractivity contribution in [1.82, 2.24) is 4.90 Å². The monoisotopic (exact) mass is 266 g/mol. The van der Waals surface area contributed by atoms with Crippen LogP contribution < -0.4 is 4.90 Å². The Bertz CT molecular complexity index is 453. The molecule has 19 heavy (non-hydrogen) atoms. The molecule has 1 heterocycles. The molecule has 0 aromatic heterocycles. The normalized spacial score (nSPS) is 20.6. The summed E-state index contributed by atoms with van der Waals surface area (Å²) in [5.74, 6) is -0.332. The molecule has 1 amide bonds. The van der Waals surface area contributed by atoms with Crippen LogP contribution in [0, 0.1) is 5.82 Å². The summed E-state index contributed by atoms with van der Waals surface area (Å²) in [6.07, 6.45) is 1.19. The van der Waals surface area contributed by atoms with Gasteiger partial charge in [-0.25, -0.2) is 4.39 Å². The molecule has 1 atom stereocenters. The fourth-order valence-electron chi connectivity index (χ4n) is 2.50. The van der Waals surface area contributed by atoms with Crippen molar-refractivity contribution in [3.63, 3.8) is 0 Å². The van der Waals surface area contributed by atoms with Gasteiger partial charge >= 0.3 is 0 Å². The van der Waals surface area contributed by atoms with E-state index in [0.717, 1.165) is 6.42 Å². The molecule has 0 aliphatic carbocycles. The van der Waals surface area contributed by atoms with Gasteiger partial charge in [0.2, 0.25) is 5.91 Å². The van der Waals surface area contributed by atoms with Crippen LogP contribution in [0.1, 0.15) is 12.8 Å². The molecular weight excluding hydrogens is 247 g/mol. The zero-order valence-corrected chi connectivity index (χ0v) is 11.1. The van der Waals surface area contributed by atoms with Gasteiger partial charge < -0.3 is 14.9 Å². The van der Waals surface area contributed by atoms with Crippen LogP contribution in [0.3, 0.4) is 0 Å². The number of benzene rings is 1. The first-order valence-corrected chi connectivity index (χ1v) is 6.51. The van der Waals surface area contributed by atoms with Gasteiger partial charge in [-0.2, -0.15) is 0 Å². The SMILES string of the molecule is CN1CCCN(c2cccc(F)c2)C(CCO)C1=O. The maximum absolute atomic E-state index is 13.3. The van der Waals surface area contributed by atoms with Gasteiger partial charge in [-0.1, -0.05) is 6.07 Å². The summed E-state index contributed by atoms with van der Waals surface area (Å²) in [6.45, 7) is 1.31. The second-order valence-corrected chi connectivity index (χ2v) is 4.81. The number of hydrogen-bond donors (Lipinski definition) is 1. The van der Waals surface area contributed by atoms with E-state index in [2.05, 4.69) is 0 Å². The Morgan fingerprint density at radius 3 is 2.89 bits per heavy atom. The van der Waals surface area contributed by atoms with E-state index in [1.54, 1.807) is 24.1 Å². The van der Waals surface area contributed by atoms with Gasteiger partial charge in [0.05, 0.1) is 0 Å². The molecule has 5 heteroatoms. The Hall–Kier alpha value is -1.62. The lowest BCUT2D eigenvalue weighted by Gasteiger charge is -2.31. The van der Waals surface area contributed by atoms with Gasteiger partial charge in [-0.3, -0.25) is 4.79 Å². The lowest BCUT2D eigenvalue weighted by atomic mass is 10.1. The van der Waals surface area contributed by atoms with Crippen LogP contribution in [-0.4, -0.2) is 48.7 Å². The van der Waals surface area contributed by atoms with Crippen molar-refractivity contribution in [2.45, 2.75) is 18.9 Å². The molecule has 1 aliphatic rings. The topological polar surface area (TPSA) is 43.8 Å². The predicted octanol–water partition coefficient (Wildman–Crippen LogP) is 1.25. The molecule has 1 aromatic carbocycles. The van der Waals surface area contributed by atoms with Crippen molar-refractivity contribution in [3.05, 3.63) is 30.1 Å². The summed E-state index contributed by atoms with van der Waals surface area (Å²) in [5, 5.41) is 9.16. The van der Waals surface area contributed by atoms with Gasteiger partial charge in [-0.05, 0) is 31.0 Å². The third-order valence-corrected chi connectivity index (χ3v) is 3.47. The molecule has 2 rings (SSSR count). The van der Waals surface area contributed by atoms with E-state index < -0.39 is 6.04 Å². The van der Waals surface area contributed by atoms with E-state index in [-0.39, 0.29) is 18.3 Å². The molecule has 0 bridgehead atoms. The summed E-state index contributed by atoms with van der Waals surface area (Å²) >= 11 is 0. The Kier molecular flexibility index (Phi) is 4.37. The van der Waals surface area contributed by atoms with Crippen LogP contribution in [-0.2, 0) is 4.79 Å². The average molecular weight is 266 g/mol. The minimum absolute atomic E-state index is 0.0178. The standard InChI is InChI=1S/C14H19FN2O2/c1-16-7-3-8-17(13(6-9-18)14(16)19)12-5-2-4-11(15)10-12/h2,4-5,10,13,18H,3,6-9H2,1H3. The largest absolute Gasteiger partial charge is 0.396 e. The van der Waals surface area contributed by atoms with Crippen molar-refractivity contribution in [2.75, 3.05) is 31.6 Å². The number of halogens is 1. The molecule has 0 saturated carbocycles. The molecule has 1 aromatic rings. The number of aliphatic hydroxyl groups excluding tert-OH is 1. The highest BCUT2D eigenvalue weighted by Gasteiger charge is 2.30. The Morgan fingerprint density at radius 1 is 1.42 bits per heavy atom. The molecule has 0 spiro atoms. The lowest BCUT2D eigenvalue weighted by molar-refractivity contribution is -0.131. The highest BCUT2D eigenvalue weighted by molar-refractivity contribution is 5.85. The third-order valence-electron chi connectivity index (χ3n) is 3.47. The first kappa shape index (κ1) is 13.8. The van der Waals surface area contributed by atoms with E-state index >= 15 is 0 Å². The van der Waals surface area contributed by atoms with Gasteiger partial charge in [0.15, 0.2) is 0 Å². The van der Waals surface area contributed by atoms with Crippen molar-refractivity contribution < 1.29 is 14.3 Å². The van der Waals surface area contributed by atoms with Gasteiger partial charge in [0.25, 0.3) is 0 Å². The number of hydrogen-bond acceptors (Lipinski definition) is 3. The fourth-order valence-corrected chi connectivity index (χ4v) is 2.50. The number of anilines is 1. The maximum Gasteiger partial charge on any atom is 0.245 e. The summed E-state index contributed by atoms with van der Waals surface area (Å²) in [6, 6.07) is 5.84. The highest BCUT2D eigenvalue weighted by Crippen LogP contribution is 2.23. The fraction of sp³-hybridized carbons (Fsp3) is 0.500. The zero-order chi connectivity index (χ0) is 13.8. The zero-order valence-electron chi connectivity index (χ0n) is 11.1. The number of rotatable bonds is 3. The predicted molar refractivity (Wildman–Crippen MR) is 71.5 cm³/mol. The number of aliphatic hydroxyl groups is 1. The molecule has 1 aliphatic heterocycles. The molecule has 1 unspecified atom stereocenters. The number of amides is 1. The van der Waals surface area contributed by atoms with E-state index in [1.807, 2.05) is 4.90 Å². The lowest BCUT2D eigenvalue weighted by Crippen LogP contribution is -2.45. The van der Waals surface area contributed by atoms with E-state index in [9.17, 15) is 9.18 Å². The Labute approximate surface area is 112 Å². The molecule has 104 valence electrons. The average Bonchev–Trinajstić information content (AvgIpc) is 2.53. The molecule has 0 radical (unpaired) electrons. The minimum atomic E-state index is -0.417. The molecule has 1 fully saturated rings. The van der Waals surface area contributed by atoms with Crippen LogP contribution >= 0.6 is 0 Å². The smallest absolute Gasteiger partial charge is 0.245 e. The van der Waals surface area contributed by atoms with Crippen LogP contribution in [0.15, 0.2) is 24.3 Å². The van der Waals surface area contributed by atoms with E-state index in [4.69, 9.17) is 5.11 Å². The van der Waals surface area contributed by atoms with Crippen LogP contribution in [0.2, 0.25) is 0 Å².